The Hall–Kier alpha value is -4.94. The van der Waals surface area contributed by atoms with Crippen molar-refractivity contribution in [2.45, 2.75) is 35.4 Å². The molecule has 7 N–H and O–H groups in total. The molecule has 0 spiro atoms. The molecule has 1 aliphatic rings. The van der Waals surface area contributed by atoms with Crippen molar-refractivity contribution in [3.8, 4) is 0 Å². The van der Waals surface area contributed by atoms with Gasteiger partial charge in [0.25, 0.3) is 5.91 Å². The maximum Gasteiger partial charge on any atom is 0.507 e. The summed E-state index contributed by atoms with van der Waals surface area (Å²) >= 11 is 0. The number of anilines is 1. The lowest BCUT2D eigenvalue weighted by Gasteiger charge is -2.40. The van der Waals surface area contributed by atoms with Crippen LogP contribution in [-0.4, -0.2) is 47.5 Å². The zero-order chi connectivity index (χ0) is 30.1. The molecule has 42 heavy (non-hydrogen) atoms. The van der Waals surface area contributed by atoms with Crippen molar-refractivity contribution in [3.05, 3.63) is 108 Å². The quantitative estimate of drug-likeness (QED) is 0.123. The predicted octanol–water partition coefficient (Wildman–Crippen LogP) is 3.42. The van der Waals surface area contributed by atoms with Gasteiger partial charge in [-0.2, -0.15) is 0 Å². The van der Waals surface area contributed by atoms with Crippen LogP contribution in [0.4, 0.5) is 10.5 Å². The van der Waals surface area contributed by atoms with Gasteiger partial charge < -0.3 is 26.6 Å². The number of sulfone groups is 1. The molecule has 4 aromatic carbocycles. The lowest BCUT2D eigenvalue weighted by Crippen LogP contribution is -2.64. The summed E-state index contributed by atoms with van der Waals surface area (Å²) in [7, 11) is -4.61. The highest BCUT2D eigenvalue weighted by Gasteiger charge is 2.52. The van der Waals surface area contributed by atoms with Crippen LogP contribution >= 0.6 is 0 Å². The molecule has 0 saturated carbocycles. The molecular formula is C30H29N5O6S. The SMILES string of the molecule is N=C(N)Nc1cccc(C[C@](N)(C(=O)N2Cc3ccccc3CC2OC(=O)O)S(=O)(=O)c2ccc3ccccc3c2)c1. The molecule has 11 nitrogen and oxygen atoms in total. The number of ether oxygens (including phenoxy) is 1. The van der Waals surface area contributed by atoms with E-state index in [1.165, 1.54) is 12.1 Å². The number of benzene rings is 4. The normalized spacial score (nSPS) is 16.2. The number of hydrogen-bond acceptors (Lipinski definition) is 7. The molecule has 216 valence electrons. The molecule has 0 saturated heterocycles. The minimum atomic E-state index is -4.61. The average Bonchev–Trinajstić information content (AvgIpc) is 2.95. The molecule has 12 heteroatoms. The standard InChI is InChI=1S/C30H29N5O6S/c31-28(32)34-24-11-5-6-19(14-24)17-30(33,42(39,40)25-13-12-20-7-1-2-8-21(20)15-25)27(36)35-18-23-10-4-3-9-22(23)16-26(35)41-29(37)38/h1-15,26H,16-18,33H2,(H,37,38)(H4,31,32,34)/t26?,30-/m1/s1. The molecule has 1 unspecified atom stereocenters. The van der Waals surface area contributed by atoms with Gasteiger partial charge in [-0.15, -0.1) is 0 Å². The minimum absolute atomic E-state index is 0.0261. The Morgan fingerprint density at radius 3 is 2.38 bits per heavy atom. The van der Waals surface area contributed by atoms with Crippen LogP contribution in [0.3, 0.4) is 0 Å². The van der Waals surface area contributed by atoms with E-state index in [9.17, 15) is 23.1 Å². The average molecular weight is 588 g/mol. The first-order valence-electron chi connectivity index (χ1n) is 13.0. The summed E-state index contributed by atoms with van der Waals surface area (Å²) in [5, 5.41) is 21.1. The highest BCUT2D eigenvalue weighted by molar-refractivity contribution is 7.93. The van der Waals surface area contributed by atoms with Crippen LogP contribution in [0.25, 0.3) is 10.8 Å². The molecule has 4 aromatic rings. The van der Waals surface area contributed by atoms with Crippen molar-refractivity contribution in [1.82, 2.24) is 4.90 Å². The summed E-state index contributed by atoms with van der Waals surface area (Å²) < 4.78 is 33.9. The van der Waals surface area contributed by atoms with Crippen LogP contribution < -0.4 is 16.8 Å². The van der Waals surface area contributed by atoms with Crippen LogP contribution in [0.15, 0.2) is 95.9 Å². The molecule has 0 radical (unpaired) electrons. The highest BCUT2D eigenvalue weighted by Crippen LogP contribution is 2.34. The fourth-order valence-electron chi connectivity index (χ4n) is 5.21. The topological polar surface area (TPSA) is 189 Å². The smallest absolute Gasteiger partial charge is 0.450 e. The monoisotopic (exact) mass is 587 g/mol. The first-order valence-corrected chi connectivity index (χ1v) is 14.5. The third-order valence-corrected chi connectivity index (χ3v) is 9.40. The summed E-state index contributed by atoms with van der Waals surface area (Å²) in [4.78, 5) is 24.4. The van der Waals surface area contributed by atoms with Crippen LogP contribution in [-0.2, 0) is 38.8 Å². The fraction of sp³-hybridized carbons (Fsp3) is 0.167. The Kier molecular flexibility index (Phi) is 7.59. The summed E-state index contributed by atoms with van der Waals surface area (Å²) in [5.41, 5.74) is 14.5. The lowest BCUT2D eigenvalue weighted by atomic mass is 9.96. The van der Waals surface area contributed by atoms with Crippen molar-refractivity contribution in [1.29, 1.82) is 5.41 Å². The maximum atomic E-state index is 14.5. The maximum absolute atomic E-state index is 14.5. The molecule has 0 aromatic heterocycles. The van der Waals surface area contributed by atoms with Gasteiger partial charge in [-0.05, 0) is 51.7 Å². The third-order valence-electron chi connectivity index (χ3n) is 7.24. The number of carbonyl (C=O) groups excluding carboxylic acids is 1. The molecule has 0 fully saturated rings. The van der Waals surface area contributed by atoms with E-state index in [2.05, 4.69) is 5.32 Å². The second kappa shape index (κ2) is 11.1. The van der Waals surface area contributed by atoms with E-state index >= 15 is 0 Å². The van der Waals surface area contributed by atoms with Crippen molar-refractivity contribution >= 4 is 44.3 Å². The van der Waals surface area contributed by atoms with Gasteiger partial charge >= 0.3 is 6.16 Å². The largest absolute Gasteiger partial charge is 0.507 e. The Balaban J connectivity index is 1.63. The number of carboxylic acid groups (broad SMARTS) is 1. The van der Waals surface area contributed by atoms with Gasteiger partial charge in [0, 0.05) is 25.1 Å². The fourth-order valence-corrected chi connectivity index (χ4v) is 6.86. The zero-order valence-corrected chi connectivity index (χ0v) is 23.2. The van der Waals surface area contributed by atoms with Gasteiger partial charge in [0.2, 0.25) is 14.7 Å². The first-order chi connectivity index (χ1) is 20.0. The Morgan fingerprint density at radius 2 is 1.67 bits per heavy atom. The summed E-state index contributed by atoms with van der Waals surface area (Å²) in [6, 6.07) is 25.2. The minimum Gasteiger partial charge on any atom is -0.450 e. The summed E-state index contributed by atoms with van der Waals surface area (Å²) in [6.07, 6.45) is -3.35. The molecule has 0 bridgehead atoms. The number of rotatable bonds is 7. The van der Waals surface area contributed by atoms with Crippen molar-refractivity contribution in [3.63, 3.8) is 0 Å². The molecule has 1 amide bonds. The predicted molar refractivity (Wildman–Crippen MR) is 157 cm³/mol. The van der Waals surface area contributed by atoms with Crippen LogP contribution in [0.5, 0.6) is 0 Å². The van der Waals surface area contributed by atoms with E-state index in [1.807, 2.05) is 12.1 Å². The van der Waals surface area contributed by atoms with Crippen LogP contribution in [0, 0.1) is 5.41 Å². The van der Waals surface area contributed by atoms with Gasteiger partial charge in [0.15, 0.2) is 12.2 Å². The molecular weight excluding hydrogens is 558 g/mol. The van der Waals surface area contributed by atoms with E-state index in [0.29, 0.717) is 22.2 Å². The molecule has 5 rings (SSSR count). The van der Waals surface area contributed by atoms with Gasteiger partial charge in [-0.3, -0.25) is 15.1 Å². The number of nitrogens with zero attached hydrogens (tertiary/aromatic N) is 1. The van der Waals surface area contributed by atoms with Crippen molar-refractivity contribution in [2.75, 3.05) is 5.32 Å². The first kappa shape index (κ1) is 28.6. The third kappa shape index (κ3) is 5.49. The molecule has 1 aliphatic heterocycles. The Bertz CT molecular complexity index is 1810. The van der Waals surface area contributed by atoms with E-state index in [-0.39, 0.29) is 23.8 Å². The highest BCUT2D eigenvalue weighted by atomic mass is 32.2. The molecule has 0 aliphatic carbocycles. The second-order valence-corrected chi connectivity index (χ2v) is 12.3. The van der Waals surface area contributed by atoms with Gasteiger partial charge in [0.1, 0.15) is 0 Å². The Labute approximate surface area is 242 Å². The Morgan fingerprint density at radius 1 is 0.976 bits per heavy atom. The summed E-state index contributed by atoms with van der Waals surface area (Å²) in [6.45, 7) is -0.106. The number of hydrogen-bond donors (Lipinski definition) is 5. The summed E-state index contributed by atoms with van der Waals surface area (Å²) in [5.74, 6) is -1.34. The second-order valence-electron chi connectivity index (χ2n) is 10.1. The van der Waals surface area contributed by atoms with Gasteiger partial charge in [0.05, 0.1) is 4.90 Å². The van der Waals surface area contributed by atoms with Gasteiger partial charge in [-0.25, -0.2) is 13.2 Å². The number of carbonyl (C=O) groups is 2. The van der Waals surface area contributed by atoms with Crippen LogP contribution in [0.2, 0.25) is 0 Å². The molecule has 1 heterocycles. The molecule has 2 atom stereocenters. The lowest BCUT2D eigenvalue weighted by molar-refractivity contribution is -0.147. The van der Waals surface area contributed by atoms with Crippen molar-refractivity contribution in [2.24, 2.45) is 11.5 Å². The van der Waals surface area contributed by atoms with Crippen LogP contribution in [0.1, 0.15) is 16.7 Å². The van der Waals surface area contributed by atoms with E-state index < -0.39 is 39.4 Å². The number of fused-ring (bicyclic) bond motifs is 2. The van der Waals surface area contributed by atoms with Gasteiger partial charge in [-0.1, -0.05) is 66.7 Å². The van der Waals surface area contributed by atoms with E-state index in [0.717, 1.165) is 15.8 Å². The van der Waals surface area contributed by atoms with Crippen molar-refractivity contribution < 1.29 is 27.9 Å². The number of nitrogens with two attached hydrogens (primary N) is 2. The number of amides is 1. The number of guanidine groups is 1. The van der Waals surface area contributed by atoms with E-state index in [4.69, 9.17) is 21.6 Å². The zero-order valence-electron chi connectivity index (χ0n) is 22.4. The van der Waals surface area contributed by atoms with E-state index in [1.54, 1.807) is 66.7 Å². The number of nitrogens with one attached hydrogen (secondary N) is 2.